The predicted octanol–water partition coefficient (Wildman–Crippen LogP) is 5.15. The zero-order valence-corrected chi connectivity index (χ0v) is 14.8. The van der Waals surface area contributed by atoms with Gasteiger partial charge in [-0.2, -0.15) is 13.2 Å². The molecule has 0 saturated heterocycles. The molecule has 0 N–H and O–H groups in total. The van der Waals surface area contributed by atoms with Gasteiger partial charge in [0.1, 0.15) is 11.6 Å². The smallest absolute Gasteiger partial charge is 0.417 e. The van der Waals surface area contributed by atoms with Crippen LogP contribution in [0.1, 0.15) is 12.5 Å². The summed E-state index contributed by atoms with van der Waals surface area (Å²) >= 11 is 11.7. The number of rotatable bonds is 4. The van der Waals surface area contributed by atoms with Gasteiger partial charge in [0.25, 0.3) is 0 Å². The van der Waals surface area contributed by atoms with Gasteiger partial charge in [0, 0.05) is 11.8 Å². The Balaban J connectivity index is 2.47. The lowest BCUT2D eigenvalue weighted by Crippen LogP contribution is -2.25. The molecule has 2 rings (SSSR count). The van der Waals surface area contributed by atoms with E-state index in [9.17, 15) is 22.4 Å². The third kappa shape index (κ3) is 4.37. The molecule has 0 aliphatic heterocycles. The van der Waals surface area contributed by atoms with Gasteiger partial charge in [0.15, 0.2) is 6.10 Å². The lowest BCUT2D eigenvalue weighted by Gasteiger charge is -2.15. The first-order chi connectivity index (χ1) is 12.0. The number of hydrogen-bond donors (Lipinski definition) is 0. The Morgan fingerprint density at radius 2 is 1.85 bits per heavy atom. The molecule has 4 nitrogen and oxygen atoms in total. The molecule has 0 aliphatic carbocycles. The molecule has 26 heavy (non-hydrogen) atoms. The van der Waals surface area contributed by atoms with E-state index < -0.39 is 34.7 Å². The molecule has 1 aromatic heterocycles. The molecule has 0 saturated carbocycles. The summed E-state index contributed by atoms with van der Waals surface area (Å²) in [6, 6.07) is 2.61. The van der Waals surface area contributed by atoms with Gasteiger partial charge in [0.2, 0.25) is 0 Å². The molecule has 0 spiro atoms. The van der Waals surface area contributed by atoms with E-state index in [1.54, 1.807) is 0 Å². The standard InChI is InChI=1S/C16H11Cl2F4NO3/c1-7(15(24)25-2)26-13-4-9(12(19)5-10(13)17)14-11(18)3-8(6-23-14)16(20,21)22/h3-7H,1-2H3. The number of hydrogen-bond acceptors (Lipinski definition) is 4. The first-order valence-corrected chi connectivity index (χ1v) is 7.76. The summed E-state index contributed by atoms with van der Waals surface area (Å²) in [6.45, 7) is 1.38. The molecule has 1 heterocycles. The van der Waals surface area contributed by atoms with Crippen LogP contribution in [-0.4, -0.2) is 24.2 Å². The molecule has 1 atom stereocenters. The fourth-order valence-corrected chi connectivity index (χ4v) is 2.46. The number of nitrogens with zero attached hydrogens (tertiary/aromatic N) is 1. The average Bonchev–Trinajstić information content (AvgIpc) is 2.55. The van der Waals surface area contributed by atoms with Crippen molar-refractivity contribution in [2.75, 3.05) is 7.11 Å². The number of carbonyl (C=O) groups excluding carboxylic acids is 1. The Labute approximate surface area is 155 Å². The highest BCUT2D eigenvalue weighted by Gasteiger charge is 2.32. The van der Waals surface area contributed by atoms with Crippen LogP contribution in [0.3, 0.4) is 0 Å². The van der Waals surface area contributed by atoms with Crippen molar-refractivity contribution in [1.82, 2.24) is 4.98 Å². The topological polar surface area (TPSA) is 48.4 Å². The van der Waals surface area contributed by atoms with Crippen LogP contribution in [0.4, 0.5) is 17.6 Å². The second-order valence-corrected chi connectivity index (χ2v) is 5.91. The van der Waals surface area contributed by atoms with Crippen molar-refractivity contribution in [3.8, 4) is 17.0 Å². The molecule has 1 unspecified atom stereocenters. The molecule has 0 aliphatic rings. The number of esters is 1. The molecular weight excluding hydrogens is 401 g/mol. The molecule has 0 bridgehead atoms. The minimum absolute atomic E-state index is 0.0845. The third-order valence-corrected chi connectivity index (χ3v) is 3.87. The number of halogens is 6. The lowest BCUT2D eigenvalue weighted by molar-refractivity contribution is -0.147. The molecular formula is C16H11Cl2F4NO3. The molecule has 0 fully saturated rings. The first-order valence-electron chi connectivity index (χ1n) is 7.01. The zero-order chi connectivity index (χ0) is 19.6. The van der Waals surface area contributed by atoms with E-state index in [1.165, 1.54) is 6.92 Å². The van der Waals surface area contributed by atoms with Crippen LogP contribution in [0, 0.1) is 5.82 Å². The van der Waals surface area contributed by atoms with Crippen LogP contribution >= 0.6 is 23.2 Å². The fraction of sp³-hybridized carbons (Fsp3) is 0.250. The van der Waals surface area contributed by atoms with Crippen molar-refractivity contribution >= 4 is 29.2 Å². The molecule has 0 amide bonds. The van der Waals surface area contributed by atoms with E-state index in [-0.39, 0.29) is 22.0 Å². The van der Waals surface area contributed by atoms with E-state index in [0.29, 0.717) is 12.3 Å². The maximum Gasteiger partial charge on any atom is 0.417 e. The minimum atomic E-state index is -4.64. The highest BCUT2D eigenvalue weighted by molar-refractivity contribution is 6.33. The van der Waals surface area contributed by atoms with Gasteiger partial charge in [-0.25, -0.2) is 9.18 Å². The van der Waals surface area contributed by atoms with Gasteiger partial charge in [0.05, 0.1) is 28.4 Å². The van der Waals surface area contributed by atoms with Crippen molar-refractivity contribution in [2.24, 2.45) is 0 Å². The van der Waals surface area contributed by atoms with Crippen molar-refractivity contribution in [3.05, 3.63) is 45.8 Å². The van der Waals surface area contributed by atoms with Gasteiger partial charge in [-0.3, -0.25) is 4.98 Å². The second-order valence-electron chi connectivity index (χ2n) is 5.10. The first kappa shape index (κ1) is 20.3. The van der Waals surface area contributed by atoms with Crippen LogP contribution < -0.4 is 4.74 Å². The number of alkyl halides is 3. The van der Waals surface area contributed by atoms with E-state index >= 15 is 0 Å². The maximum atomic E-state index is 14.2. The van der Waals surface area contributed by atoms with Gasteiger partial charge >= 0.3 is 12.1 Å². The van der Waals surface area contributed by atoms with Crippen molar-refractivity contribution < 1.29 is 31.8 Å². The van der Waals surface area contributed by atoms with E-state index in [1.807, 2.05) is 0 Å². The summed E-state index contributed by atoms with van der Waals surface area (Å²) in [5.41, 5.74) is -1.54. The quantitative estimate of drug-likeness (QED) is 0.515. The summed E-state index contributed by atoms with van der Waals surface area (Å²) in [6.07, 6.45) is -5.16. The summed E-state index contributed by atoms with van der Waals surface area (Å²) in [4.78, 5) is 15.0. The fourth-order valence-electron chi connectivity index (χ4n) is 2.00. The van der Waals surface area contributed by atoms with E-state index in [2.05, 4.69) is 9.72 Å². The lowest BCUT2D eigenvalue weighted by atomic mass is 10.1. The molecule has 140 valence electrons. The highest BCUT2D eigenvalue weighted by atomic mass is 35.5. The Kier molecular flexibility index (Phi) is 5.98. The van der Waals surface area contributed by atoms with Gasteiger partial charge in [-0.1, -0.05) is 23.2 Å². The number of ether oxygens (including phenoxy) is 2. The summed E-state index contributed by atoms with van der Waals surface area (Å²) in [5, 5.41) is -0.557. The van der Waals surface area contributed by atoms with Crippen LogP contribution in [0.5, 0.6) is 5.75 Å². The average molecular weight is 412 g/mol. The second kappa shape index (κ2) is 7.67. The molecule has 1 aromatic carbocycles. The number of carbonyl (C=O) groups is 1. The Morgan fingerprint density at radius 1 is 1.19 bits per heavy atom. The molecule has 10 heteroatoms. The maximum absolute atomic E-state index is 14.2. The zero-order valence-electron chi connectivity index (χ0n) is 13.3. The van der Waals surface area contributed by atoms with E-state index in [0.717, 1.165) is 19.2 Å². The van der Waals surface area contributed by atoms with Crippen LogP contribution in [0.25, 0.3) is 11.3 Å². The Bertz CT molecular complexity index is 843. The van der Waals surface area contributed by atoms with Crippen molar-refractivity contribution in [2.45, 2.75) is 19.2 Å². The Hall–Kier alpha value is -2.06. The Morgan fingerprint density at radius 3 is 2.38 bits per heavy atom. The van der Waals surface area contributed by atoms with Crippen LogP contribution in [0.2, 0.25) is 10.0 Å². The number of aromatic nitrogens is 1. The number of benzene rings is 1. The molecule has 2 aromatic rings. The van der Waals surface area contributed by atoms with Crippen LogP contribution in [-0.2, 0) is 15.7 Å². The largest absolute Gasteiger partial charge is 0.477 e. The van der Waals surface area contributed by atoms with Gasteiger partial charge in [-0.05, 0) is 25.1 Å². The third-order valence-electron chi connectivity index (χ3n) is 3.28. The van der Waals surface area contributed by atoms with Crippen LogP contribution in [0.15, 0.2) is 24.4 Å². The minimum Gasteiger partial charge on any atom is -0.477 e. The number of methoxy groups -OCH3 is 1. The normalized spacial score (nSPS) is 12.6. The monoisotopic (exact) mass is 411 g/mol. The molecule has 0 radical (unpaired) electrons. The highest BCUT2D eigenvalue weighted by Crippen LogP contribution is 2.38. The van der Waals surface area contributed by atoms with Crippen molar-refractivity contribution in [1.29, 1.82) is 0 Å². The predicted molar refractivity (Wildman–Crippen MR) is 86.8 cm³/mol. The van der Waals surface area contributed by atoms with Gasteiger partial charge < -0.3 is 9.47 Å². The summed E-state index contributed by atoms with van der Waals surface area (Å²) in [5.74, 6) is -1.65. The summed E-state index contributed by atoms with van der Waals surface area (Å²) < 4.78 is 62.1. The summed E-state index contributed by atoms with van der Waals surface area (Å²) in [7, 11) is 1.16. The number of pyridine rings is 1. The van der Waals surface area contributed by atoms with Crippen molar-refractivity contribution in [3.63, 3.8) is 0 Å². The SMILES string of the molecule is COC(=O)C(C)Oc1cc(-c2ncc(C(F)(F)F)cc2Cl)c(F)cc1Cl. The van der Waals surface area contributed by atoms with E-state index in [4.69, 9.17) is 27.9 Å². The van der Waals surface area contributed by atoms with Gasteiger partial charge in [-0.15, -0.1) is 0 Å².